The molecule has 0 saturated heterocycles. The van der Waals surface area contributed by atoms with E-state index in [4.69, 9.17) is 4.42 Å². The summed E-state index contributed by atoms with van der Waals surface area (Å²) in [6, 6.07) is 16.5. The molecule has 0 unspecified atom stereocenters. The quantitative estimate of drug-likeness (QED) is 0.425. The van der Waals surface area contributed by atoms with Crippen molar-refractivity contribution in [3.05, 3.63) is 96.5 Å². The van der Waals surface area contributed by atoms with Crippen LogP contribution in [0.3, 0.4) is 0 Å². The zero-order valence-corrected chi connectivity index (χ0v) is 18.0. The minimum absolute atomic E-state index is 0.00143. The SMILES string of the molecule is C[C@H](NC(=O)c1cccc(S(=O)(=O)NCc2ccco2)c1)c1ccc(-n2cncn2)cc1. The number of carbonyl (C=O) groups is 1. The molecule has 1 atom stereocenters. The van der Waals surface area contributed by atoms with Crippen molar-refractivity contribution in [3.63, 3.8) is 0 Å². The zero-order chi connectivity index (χ0) is 22.6. The first-order chi connectivity index (χ1) is 15.4. The van der Waals surface area contributed by atoms with Crippen LogP contribution >= 0.6 is 0 Å². The highest BCUT2D eigenvalue weighted by molar-refractivity contribution is 7.89. The molecule has 0 fully saturated rings. The van der Waals surface area contributed by atoms with Gasteiger partial charge in [0.15, 0.2) is 0 Å². The van der Waals surface area contributed by atoms with Crippen molar-refractivity contribution in [2.45, 2.75) is 24.4 Å². The van der Waals surface area contributed by atoms with Gasteiger partial charge < -0.3 is 9.73 Å². The Kier molecular flexibility index (Phi) is 6.15. The van der Waals surface area contributed by atoms with Crippen LogP contribution in [0.4, 0.5) is 0 Å². The molecule has 4 aromatic rings. The van der Waals surface area contributed by atoms with Crippen LogP contribution in [0.15, 0.2) is 88.9 Å². The van der Waals surface area contributed by atoms with Crippen LogP contribution in [-0.2, 0) is 16.6 Å². The summed E-state index contributed by atoms with van der Waals surface area (Å²) in [5, 5.41) is 6.98. The van der Waals surface area contributed by atoms with Gasteiger partial charge in [-0.25, -0.2) is 22.8 Å². The number of nitrogens with one attached hydrogen (secondary N) is 2. The molecule has 0 aliphatic rings. The molecule has 2 heterocycles. The molecule has 2 aromatic carbocycles. The summed E-state index contributed by atoms with van der Waals surface area (Å²) in [5.74, 6) is 0.118. The maximum atomic E-state index is 12.7. The number of nitrogens with zero attached hydrogens (tertiary/aromatic N) is 3. The third-order valence-corrected chi connectivity index (χ3v) is 6.25. The molecule has 0 aliphatic heterocycles. The first-order valence-corrected chi connectivity index (χ1v) is 11.3. The molecule has 4 rings (SSSR count). The lowest BCUT2D eigenvalue weighted by Crippen LogP contribution is -2.27. The van der Waals surface area contributed by atoms with Crippen LogP contribution in [-0.4, -0.2) is 29.1 Å². The van der Waals surface area contributed by atoms with Crippen LogP contribution in [0.1, 0.15) is 34.6 Å². The third-order valence-electron chi connectivity index (χ3n) is 4.85. The van der Waals surface area contributed by atoms with Crippen molar-refractivity contribution in [1.29, 1.82) is 0 Å². The van der Waals surface area contributed by atoms with Gasteiger partial charge >= 0.3 is 0 Å². The molecule has 10 heteroatoms. The van der Waals surface area contributed by atoms with E-state index in [0.717, 1.165) is 11.3 Å². The Labute approximate surface area is 185 Å². The average molecular weight is 452 g/mol. The Morgan fingerprint density at radius 1 is 1.12 bits per heavy atom. The van der Waals surface area contributed by atoms with Gasteiger partial charge in [-0.3, -0.25) is 4.79 Å². The highest BCUT2D eigenvalue weighted by Crippen LogP contribution is 2.17. The number of hydrogen-bond acceptors (Lipinski definition) is 6. The highest BCUT2D eigenvalue weighted by atomic mass is 32.2. The summed E-state index contributed by atoms with van der Waals surface area (Å²) in [6.07, 6.45) is 4.53. The van der Waals surface area contributed by atoms with E-state index >= 15 is 0 Å². The first kappa shape index (κ1) is 21.5. The molecule has 164 valence electrons. The summed E-state index contributed by atoms with van der Waals surface area (Å²) >= 11 is 0. The van der Waals surface area contributed by atoms with Crippen molar-refractivity contribution < 1.29 is 17.6 Å². The summed E-state index contributed by atoms with van der Waals surface area (Å²) < 4.78 is 34.4. The lowest BCUT2D eigenvalue weighted by atomic mass is 10.1. The van der Waals surface area contributed by atoms with Crippen LogP contribution in [0, 0.1) is 0 Å². The number of hydrogen-bond donors (Lipinski definition) is 2. The van der Waals surface area contributed by atoms with Crippen molar-refractivity contribution in [2.24, 2.45) is 0 Å². The van der Waals surface area contributed by atoms with E-state index in [2.05, 4.69) is 20.1 Å². The monoisotopic (exact) mass is 451 g/mol. The summed E-state index contributed by atoms with van der Waals surface area (Å²) in [7, 11) is -3.80. The lowest BCUT2D eigenvalue weighted by molar-refractivity contribution is 0.0939. The van der Waals surface area contributed by atoms with Crippen molar-refractivity contribution in [2.75, 3.05) is 0 Å². The predicted octanol–water partition coefficient (Wildman–Crippen LogP) is 2.83. The van der Waals surface area contributed by atoms with Gasteiger partial charge in [0.05, 0.1) is 29.4 Å². The van der Waals surface area contributed by atoms with Gasteiger partial charge in [-0.15, -0.1) is 0 Å². The minimum Gasteiger partial charge on any atom is -0.468 e. The van der Waals surface area contributed by atoms with Crippen LogP contribution < -0.4 is 10.0 Å². The molecule has 2 N–H and O–H groups in total. The standard InChI is InChI=1S/C22H21N5O4S/c1-16(17-7-9-19(10-8-17)27-15-23-14-24-27)26-22(28)18-4-2-6-21(12-18)32(29,30)25-13-20-5-3-11-31-20/h2-12,14-16,25H,13H2,1H3,(H,26,28)/t16-/m0/s1. The Bertz CT molecular complexity index is 1280. The number of carbonyl (C=O) groups excluding carboxylic acids is 1. The fraction of sp³-hybridized carbons (Fsp3) is 0.136. The van der Waals surface area contributed by atoms with E-state index in [0.29, 0.717) is 5.76 Å². The van der Waals surface area contributed by atoms with Gasteiger partial charge in [-0.1, -0.05) is 18.2 Å². The zero-order valence-electron chi connectivity index (χ0n) is 17.2. The molecule has 2 aromatic heterocycles. The normalized spacial score (nSPS) is 12.4. The molecule has 0 saturated carbocycles. The molecule has 32 heavy (non-hydrogen) atoms. The smallest absolute Gasteiger partial charge is 0.251 e. The number of sulfonamides is 1. The Morgan fingerprint density at radius 3 is 2.62 bits per heavy atom. The van der Waals surface area contributed by atoms with Gasteiger partial charge in [-0.05, 0) is 55.0 Å². The summed E-state index contributed by atoms with van der Waals surface area (Å²) in [6.45, 7) is 1.88. The number of benzene rings is 2. The maximum Gasteiger partial charge on any atom is 0.251 e. The molecule has 0 spiro atoms. The highest BCUT2D eigenvalue weighted by Gasteiger charge is 2.18. The lowest BCUT2D eigenvalue weighted by Gasteiger charge is -2.15. The molecule has 0 aliphatic carbocycles. The van der Waals surface area contributed by atoms with Crippen LogP contribution in [0.5, 0.6) is 0 Å². The average Bonchev–Trinajstić information content (AvgIpc) is 3.52. The Morgan fingerprint density at radius 2 is 1.94 bits per heavy atom. The second-order valence-electron chi connectivity index (χ2n) is 7.06. The Hall–Kier alpha value is -3.76. The second-order valence-corrected chi connectivity index (χ2v) is 8.83. The molecule has 1 amide bonds. The van der Waals surface area contributed by atoms with E-state index in [1.54, 1.807) is 29.2 Å². The number of aromatic nitrogens is 3. The molecular formula is C22H21N5O4S. The number of rotatable bonds is 8. The van der Waals surface area contributed by atoms with Gasteiger partial charge in [0, 0.05) is 5.56 Å². The third kappa shape index (κ3) is 4.93. The Balaban J connectivity index is 1.43. The van der Waals surface area contributed by atoms with Crippen LogP contribution in [0.2, 0.25) is 0 Å². The topological polar surface area (TPSA) is 119 Å². The molecular weight excluding hydrogens is 430 g/mol. The van der Waals surface area contributed by atoms with Crippen molar-refractivity contribution >= 4 is 15.9 Å². The molecule has 0 bridgehead atoms. The fourth-order valence-corrected chi connectivity index (χ4v) is 4.13. The minimum atomic E-state index is -3.80. The predicted molar refractivity (Wildman–Crippen MR) is 116 cm³/mol. The van der Waals surface area contributed by atoms with E-state index in [9.17, 15) is 13.2 Å². The van der Waals surface area contributed by atoms with E-state index in [-0.39, 0.29) is 29.0 Å². The van der Waals surface area contributed by atoms with Gasteiger partial charge in [0.2, 0.25) is 10.0 Å². The van der Waals surface area contributed by atoms with Gasteiger partial charge in [0.1, 0.15) is 18.4 Å². The fourth-order valence-electron chi connectivity index (χ4n) is 3.09. The van der Waals surface area contributed by atoms with Crippen LogP contribution in [0.25, 0.3) is 5.69 Å². The van der Waals surface area contributed by atoms with E-state index in [1.807, 2.05) is 31.2 Å². The van der Waals surface area contributed by atoms with Gasteiger partial charge in [0.25, 0.3) is 5.91 Å². The van der Waals surface area contributed by atoms with Crippen molar-refractivity contribution in [3.8, 4) is 5.69 Å². The van der Waals surface area contributed by atoms with Gasteiger partial charge in [-0.2, -0.15) is 5.10 Å². The number of amides is 1. The maximum absolute atomic E-state index is 12.7. The van der Waals surface area contributed by atoms with Crippen molar-refractivity contribution in [1.82, 2.24) is 24.8 Å². The van der Waals surface area contributed by atoms with E-state index < -0.39 is 10.0 Å². The largest absolute Gasteiger partial charge is 0.468 e. The summed E-state index contributed by atoms with van der Waals surface area (Å²) in [4.78, 5) is 16.7. The first-order valence-electron chi connectivity index (χ1n) is 9.80. The van der Waals surface area contributed by atoms with E-state index in [1.165, 1.54) is 30.8 Å². The second kappa shape index (κ2) is 9.16. The molecule has 0 radical (unpaired) electrons. The summed E-state index contributed by atoms with van der Waals surface area (Å²) in [5.41, 5.74) is 1.99. The number of furan rings is 1. The molecule has 9 nitrogen and oxygen atoms in total.